The second-order valence-electron chi connectivity index (χ2n) is 7.61. The number of nitrogens with zero attached hydrogens (tertiary/aromatic N) is 1. The summed E-state index contributed by atoms with van der Waals surface area (Å²) in [7, 11) is 0. The Bertz CT molecular complexity index is 682. The Morgan fingerprint density at radius 1 is 1.48 bits per heavy atom. The molecule has 0 aromatic rings. The number of alkyl halides is 1. The van der Waals surface area contributed by atoms with Crippen LogP contribution in [-0.4, -0.2) is 73.2 Å². The molecule has 0 spiro atoms. The first-order valence-electron chi connectivity index (χ1n) is 10.2. The Morgan fingerprint density at radius 2 is 2.31 bits per heavy atom. The zero-order valence-electron chi connectivity index (χ0n) is 16.8. The van der Waals surface area contributed by atoms with Crippen LogP contribution < -0.4 is 11.1 Å². The van der Waals surface area contributed by atoms with E-state index in [4.69, 9.17) is 26.8 Å². The molecule has 1 saturated heterocycles. The number of nitrogens with two attached hydrogens (primary N) is 1. The van der Waals surface area contributed by atoms with E-state index in [1.54, 1.807) is 24.3 Å². The van der Waals surface area contributed by atoms with E-state index in [1.165, 1.54) is 0 Å². The number of allylic oxidation sites excluding steroid dienone is 3. The lowest BCUT2D eigenvalue weighted by atomic mass is 9.99. The number of morpholine rings is 1. The Morgan fingerprint density at radius 3 is 3.03 bits per heavy atom. The van der Waals surface area contributed by atoms with Crippen LogP contribution in [0.3, 0.4) is 0 Å². The summed E-state index contributed by atoms with van der Waals surface area (Å²) in [5.74, 6) is 0.729. The molecular formula is C21H31ClFN3O3. The number of hydrogen-bond acceptors (Lipinski definition) is 6. The number of aliphatic hydroxyl groups is 1. The van der Waals surface area contributed by atoms with E-state index in [0.717, 1.165) is 26.1 Å². The molecule has 1 heterocycles. The van der Waals surface area contributed by atoms with Crippen molar-refractivity contribution in [2.75, 3.05) is 39.4 Å². The van der Waals surface area contributed by atoms with Crippen LogP contribution in [0.4, 0.5) is 4.39 Å². The molecule has 162 valence electrons. The molecule has 6 nitrogen and oxygen atoms in total. The lowest BCUT2D eigenvalue weighted by molar-refractivity contribution is -0.0346. The molecule has 0 radical (unpaired) electrons. The van der Waals surface area contributed by atoms with Crippen molar-refractivity contribution in [1.29, 1.82) is 0 Å². The number of aliphatic hydroxyl groups excluding tert-OH is 1. The molecular weight excluding hydrogens is 397 g/mol. The van der Waals surface area contributed by atoms with Gasteiger partial charge in [-0.3, -0.25) is 10.2 Å². The summed E-state index contributed by atoms with van der Waals surface area (Å²) >= 11 is 6.24. The second-order valence-corrected chi connectivity index (χ2v) is 8.12. The van der Waals surface area contributed by atoms with Gasteiger partial charge in [-0.15, -0.1) is 11.6 Å². The van der Waals surface area contributed by atoms with Crippen molar-refractivity contribution >= 4 is 11.6 Å². The highest BCUT2D eigenvalue weighted by atomic mass is 35.5. The molecule has 29 heavy (non-hydrogen) atoms. The Hall–Kier alpha value is -1.22. The van der Waals surface area contributed by atoms with E-state index in [2.05, 4.69) is 10.2 Å². The highest BCUT2D eigenvalue weighted by Gasteiger charge is 2.28. The molecule has 0 aromatic carbocycles. The fourth-order valence-corrected chi connectivity index (χ4v) is 3.98. The third kappa shape index (κ3) is 6.38. The van der Waals surface area contributed by atoms with Crippen molar-refractivity contribution in [2.24, 2.45) is 11.7 Å². The maximum atomic E-state index is 13.1. The largest absolute Gasteiger partial charge is 0.494 e. The smallest absolute Gasteiger partial charge is 0.134 e. The van der Waals surface area contributed by atoms with E-state index >= 15 is 0 Å². The fourth-order valence-electron chi connectivity index (χ4n) is 3.77. The predicted octanol–water partition coefficient (Wildman–Crippen LogP) is 1.82. The average molecular weight is 428 g/mol. The van der Waals surface area contributed by atoms with Gasteiger partial charge in [0.1, 0.15) is 17.8 Å². The topological polar surface area (TPSA) is 80.0 Å². The molecule has 4 N–H and O–H groups in total. The monoisotopic (exact) mass is 427 g/mol. The maximum Gasteiger partial charge on any atom is 0.134 e. The first-order chi connectivity index (χ1) is 14.0. The minimum atomic E-state index is -0.921. The van der Waals surface area contributed by atoms with Crippen molar-refractivity contribution in [1.82, 2.24) is 10.2 Å². The molecule has 2 aliphatic carbocycles. The number of ether oxygens (including phenoxy) is 2. The molecule has 0 aromatic heterocycles. The first-order valence-corrected chi connectivity index (χ1v) is 10.7. The van der Waals surface area contributed by atoms with E-state index < -0.39 is 11.6 Å². The van der Waals surface area contributed by atoms with Gasteiger partial charge in [-0.2, -0.15) is 0 Å². The van der Waals surface area contributed by atoms with Crippen LogP contribution >= 0.6 is 11.6 Å². The summed E-state index contributed by atoms with van der Waals surface area (Å²) in [5.41, 5.74) is 6.56. The van der Waals surface area contributed by atoms with Crippen LogP contribution in [0.5, 0.6) is 0 Å². The first kappa shape index (κ1) is 22.5. The van der Waals surface area contributed by atoms with E-state index in [0.29, 0.717) is 37.0 Å². The molecule has 0 amide bonds. The average Bonchev–Trinajstić information content (AvgIpc) is 2.71. The molecule has 0 saturated carbocycles. The zero-order valence-corrected chi connectivity index (χ0v) is 17.5. The van der Waals surface area contributed by atoms with Crippen LogP contribution in [0.15, 0.2) is 47.5 Å². The summed E-state index contributed by atoms with van der Waals surface area (Å²) in [6, 6.07) is -0.346. The van der Waals surface area contributed by atoms with Gasteiger partial charge in [-0.25, -0.2) is 4.39 Å². The summed E-state index contributed by atoms with van der Waals surface area (Å²) in [5, 5.41) is 13.4. The van der Waals surface area contributed by atoms with Gasteiger partial charge in [0.05, 0.1) is 24.7 Å². The third-order valence-corrected chi connectivity index (χ3v) is 5.74. The SMILES string of the molecule is CCOC1=CC(N)C(Cl)C=C1C(O)NCC1CN(CC2C=CC(F)=CC2)CCO1. The van der Waals surface area contributed by atoms with Crippen molar-refractivity contribution < 1.29 is 19.0 Å². The van der Waals surface area contributed by atoms with Gasteiger partial charge in [-0.05, 0) is 37.5 Å². The van der Waals surface area contributed by atoms with Crippen LogP contribution in [0, 0.1) is 5.92 Å². The lowest BCUT2D eigenvalue weighted by Crippen LogP contribution is -2.49. The van der Waals surface area contributed by atoms with Gasteiger partial charge < -0.3 is 20.3 Å². The van der Waals surface area contributed by atoms with Crippen LogP contribution in [-0.2, 0) is 9.47 Å². The Kier molecular flexibility index (Phi) is 8.29. The summed E-state index contributed by atoms with van der Waals surface area (Å²) in [6.07, 6.45) is 8.36. The maximum absolute atomic E-state index is 13.1. The normalized spacial score (nSPS) is 31.7. The number of hydrogen-bond donors (Lipinski definition) is 3. The van der Waals surface area contributed by atoms with Gasteiger partial charge in [0.25, 0.3) is 0 Å². The second kappa shape index (κ2) is 10.7. The van der Waals surface area contributed by atoms with Crippen LogP contribution in [0.1, 0.15) is 13.3 Å². The van der Waals surface area contributed by atoms with Crippen molar-refractivity contribution in [3.63, 3.8) is 0 Å². The molecule has 5 unspecified atom stereocenters. The molecule has 5 atom stereocenters. The van der Waals surface area contributed by atoms with E-state index in [9.17, 15) is 9.50 Å². The van der Waals surface area contributed by atoms with Gasteiger partial charge in [0.15, 0.2) is 0 Å². The number of rotatable bonds is 8. The van der Waals surface area contributed by atoms with Crippen molar-refractivity contribution in [3.8, 4) is 0 Å². The quantitative estimate of drug-likeness (QED) is 0.405. The minimum absolute atomic E-state index is 0.0454. The molecule has 1 fully saturated rings. The molecule has 3 rings (SSSR count). The van der Waals surface area contributed by atoms with Crippen LogP contribution in [0.2, 0.25) is 0 Å². The zero-order chi connectivity index (χ0) is 20.8. The number of nitrogens with one attached hydrogen (secondary N) is 1. The van der Waals surface area contributed by atoms with Gasteiger partial charge in [-0.1, -0.05) is 12.2 Å². The Labute approximate surface area is 176 Å². The van der Waals surface area contributed by atoms with Crippen molar-refractivity contribution in [3.05, 3.63) is 47.5 Å². The molecule has 8 heteroatoms. The Balaban J connectivity index is 1.49. The third-order valence-electron chi connectivity index (χ3n) is 5.33. The van der Waals surface area contributed by atoms with Crippen molar-refractivity contribution in [2.45, 2.75) is 37.1 Å². The molecule has 3 aliphatic rings. The summed E-state index contributed by atoms with van der Waals surface area (Å²) in [4.78, 5) is 2.33. The van der Waals surface area contributed by atoms with Gasteiger partial charge in [0.2, 0.25) is 0 Å². The highest BCUT2D eigenvalue weighted by molar-refractivity contribution is 6.22. The van der Waals surface area contributed by atoms with E-state index in [-0.39, 0.29) is 18.0 Å². The van der Waals surface area contributed by atoms with Crippen LogP contribution in [0.25, 0.3) is 0 Å². The summed E-state index contributed by atoms with van der Waals surface area (Å²) < 4.78 is 24.6. The van der Waals surface area contributed by atoms with Gasteiger partial charge >= 0.3 is 0 Å². The van der Waals surface area contributed by atoms with Gasteiger partial charge in [0, 0.05) is 37.8 Å². The fraction of sp³-hybridized carbons (Fsp3) is 0.619. The number of halogens is 2. The minimum Gasteiger partial charge on any atom is -0.494 e. The standard InChI is InChI=1S/C21H31ClFN3O3/c1-2-28-20-10-19(24)18(22)9-17(20)21(27)25-11-16-13-26(7-8-29-16)12-14-3-5-15(23)6-4-14/h3,5-6,9-10,14,16,18-19,21,25,27H,2,4,7-8,11-13,24H2,1H3. The molecule has 1 aliphatic heterocycles. The lowest BCUT2D eigenvalue weighted by Gasteiger charge is -2.35. The predicted molar refractivity (Wildman–Crippen MR) is 112 cm³/mol. The van der Waals surface area contributed by atoms with E-state index in [1.807, 2.05) is 13.0 Å². The molecule has 0 bridgehead atoms. The summed E-state index contributed by atoms with van der Waals surface area (Å²) in [6.45, 7) is 5.96. The highest BCUT2D eigenvalue weighted by Crippen LogP contribution is 2.25.